The third kappa shape index (κ3) is 2.54. The van der Waals surface area contributed by atoms with Crippen LogP contribution in [0.2, 0.25) is 0 Å². The lowest BCUT2D eigenvalue weighted by molar-refractivity contribution is 0.0858. The van der Waals surface area contributed by atoms with Gasteiger partial charge in [0.15, 0.2) is 5.84 Å². The minimum Gasteiger partial charge on any atom is -0.391 e. The van der Waals surface area contributed by atoms with E-state index in [-0.39, 0.29) is 6.10 Å². The lowest BCUT2D eigenvalue weighted by atomic mass is 10.3. The molecule has 3 nitrogen and oxygen atoms in total. The lowest BCUT2D eigenvalue weighted by Gasteiger charge is -2.02. The predicted molar refractivity (Wildman–Crippen MR) is 51.3 cm³/mol. The summed E-state index contributed by atoms with van der Waals surface area (Å²) in [5, 5.41) is 7.65. The number of nitrogens with two attached hydrogens (primary N) is 1. The Bertz CT molecular complexity index is 254. The van der Waals surface area contributed by atoms with Crippen LogP contribution in [0.5, 0.6) is 0 Å². The number of nitrogens with zero attached hydrogens (tertiary/aromatic N) is 1. The van der Waals surface area contributed by atoms with E-state index in [9.17, 15) is 0 Å². The fraction of sp³-hybridized carbons (Fsp3) is 0.375. The first-order chi connectivity index (χ1) is 5.70. The SMILES string of the molecule is CC(C)O/N=C(/N)c1ccsc1. The lowest BCUT2D eigenvalue weighted by Crippen LogP contribution is -2.14. The van der Waals surface area contributed by atoms with Gasteiger partial charge in [-0.2, -0.15) is 11.3 Å². The Balaban J connectivity index is 2.59. The Kier molecular flexibility index (Phi) is 3.10. The minimum absolute atomic E-state index is 0.0715. The fourth-order valence-electron chi connectivity index (χ4n) is 0.625. The third-order valence-electron chi connectivity index (χ3n) is 1.18. The van der Waals surface area contributed by atoms with Crippen LogP contribution in [0.3, 0.4) is 0 Å². The van der Waals surface area contributed by atoms with Gasteiger partial charge in [-0.15, -0.1) is 0 Å². The molecule has 66 valence electrons. The van der Waals surface area contributed by atoms with Crippen molar-refractivity contribution < 1.29 is 4.84 Å². The zero-order chi connectivity index (χ0) is 8.97. The van der Waals surface area contributed by atoms with Gasteiger partial charge in [0.25, 0.3) is 0 Å². The molecule has 0 aliphatic rings. The van der Waals surface area contributed by atoms with Crippen LogP contribution in [0, 0.1) is 0 Å². The molecule has 0 fully saturated rings. The van der Waals surface area contributed by atoms with E-state index in [0.29, 0.717) is 5.84 Å². The summed E-state index contributed by atoms with van der Waals surface area (Å²) in [7, 11) is 0. The zero-order valence-corrected chi connectivity index (χ0v) is 7.97. The molecule has 0 saturated carbocycles. The summed E-state index contributed by atoms with van der Waals surface area (Å²) in [6.07, 6.45) is 0.0715. The van der Waals surface area contributed by atoms with Crippen molar-refractivity contribution in [1.29, 1.82) is 0 Å². The third-order valence-corrected chi connectivity index (χ3v) is 1.86. The van der Waals surface area contributed by atoms with Crippen LogP contribution in [0.25, 0.3) is 0 Å². The second-order valence-electron chi connectivity index (χ2n) is 2.64. The van der Waals surface area contributed by atoms with Gasteiger partial charge < -0.3 is 10.6 Å². The molecular weight excluding hydrogens is 172 g/mol. The maximum atomic E-state index is 5.62. The highest BCUT2D eigenvalue weighted by Crippen LogP contribution is 2.05. The van der Waals surface area contributed by atoms with E-state index < -0.39 is 0 Å². The van der Waals surface area contributed by atoms with Gasteiger partial charge in [0.1, 0.15) is 6.10 Å². The van der Waals surface area contributed by atoms with Gasteiger partial charge in [0, 0.05) is 10.9 Å². The van der Waals surface area contributed by atoms with Crippen LogP contribution in [-0.2, 0) is 4.84 Å². The molecule has 0 aromatic carbocycles. The van der Waals surface area contributed by atoms with E-state index in [1.54, 1.807) is 11.3 Å². The first-order valence-corrected chi connectivity index (χ1v) is 4.66. The molecule has 1 heterocycles. The number of hydrogen-bond acceptors (Lipinski definition) is 3. The number of rotatable bonds is 3. The van der Waals surface area contributed by atoms with Crippen molar-refractivity contribution in [3.05, 3.63) is 22.4 Å². The first kappa shape index (κ1) is 9.06. The largest absolute Gasteiger partial charge is 0.391 e. The Morgan fingerprint density at radius 1 is 1.67 bits per heavy atom. The molecule has 0 unspecified atom stereocenters. The Morgan fingerprint density at radius 3 is 2.92 bits per heavy atom. The molecule has 0 bridgehead atoms. The minimum atomic E-state index is 0.0715. The molecule has 0 atom stereocenters. The van der Waals surface area contributed by atoms with Crippen molar-refractivity contribution >= 4 is 17.2 Å². The van der Waals surface area contributed by atoms with Gasteiger partial charge >= 0.3 is 0 Å². The van der Waals surface area contributed by atoms with E-state index >= 15 is 0 Å². The molecule has 0 aliphatic heterocycles. The summed E-state index contributed by atoms with van der Waals surface area (Å²) < 4.78 is 0. The zero-order valence-electron chi connectivity index (χ0n) is 7.15. The molecule has 4 heteroatoms. The van der Waals surface area contributed by atoms with Gasteiger partial charge in [0.05, 0.1) is 0 Å². The molecule has 0 amide bonds. The van der Waals surface area contributed by atoms with E-state index in [0.717, 1.165) is 5.56 Å². The molecular formula is C8H12N2OS. The van der Waals surface area contributed by atoms with Crippen molar-refractivity contribution in [2.45, 2.75) is 20.0 Å². The van der Waals surface area contributed by atoms with Crippen molar-refractivity contribution in [2.24, 2.45) is 10.9 Å². The standard InChI is InChI=1S/C8H12N2OS/c1-6(2)11-10-8(9)7-3-4-12-5-7/h3-6H,1-2H3,(H2,9,10). The predicted octanol–water partition coefficient (Wildman–Crippen LogP) is 1.79. The number of amidine groups is 1. The Hall–Kier alpha value is -1.03. The van der Waals surface area contributed by atoms with Crippen LogP contribution >= 0.6 is 11.3 Å². The fourth-order valence-corrected chi connectivity index (χ4v) is 1.27. The van der Waals surface area contributed by atoms with Crippen molar-refractivity contribution in [3.63, 3.8) is 0 Å². The number of oxime groups is 1. The van der Waals surface area contributed by atoms with Crippen LogP contribution < -0.4 is 5.73 Å². The van der Waals surface area contributed by atoms with Gasteiger partial charge in [-0.05, 0) is 25.3 Å². The average Bonchev–Trinajstić information content (AvgIpc) is 2.51. The topological polar surface area (TPSA) is 47.6 Å². The van der Waals surface area contributed by atoms with E-state index in [4.69, 9.17) is 10.6 Å². The van der Waals surface area contributed by atoms with E-state index in [1.807, 2.05) is 30.7 Å². The summed E-state index contributed by atoms with van der Waals surface area (Å²) in [6.45, 7) is 3.81. The van der Waals surface area contributed by atoms with Crippen LogP contribution in [0.1, 0.15) is 19.4 Å². The maximum Gasteiger partial charge on any atom is 0.171 e. The highest BCUT2D eigenvalue weighted by Gasteiger charge is 1.98. The molecule has 1 aromatic rings. The normalized spacial score (nSPS) is 12.1. The van der Waals surface area contributed by atoms with Crippen molar-refractivity contribution in [1.82, 2.24) is 0 Å². The van der Waals surface area contributed by atoms with Gasteiger partial charge in [-0.25, -0.2) is 0 Å². The molecule has 0 saturated heterocycles. The summed E-state index contributed by atoms with van der Waals surface area (Å²) >= 11 is 1.59. The van der Waals surface area contributed by atoms with E-state index in [1.165, 1.54) is 0 Å². The quantitative estimate of drug-likeness (QED) is 0.442. The molecule has 12 heavy (non-hydrogen) atoms. The summed E-state index contributed by atoms with van der Waals surface area (Å²) in [6, 6.07) is 1.91. The van der Waals surface area contributed by atoms with Crippen LogP contribution in [0.15, 0.2) is 22.0 Å². The second kappa shape index (κ2) is 4.11. The average molecular weight is 184 g/mol. The summed E-state index contributed by atoms with van der Waals surface area (Å²) in [5.41, 5.74) is 6.54. The van der Waals surface area contributed by atoms with E-state index in [2.05, 4.69) is 5.16 Å². The Morgan fingerprint density at radius 2 is 2.42 bits per heavy atom. The molecule has 1 rings (SSSR count). The molecule has 2 N–H and O–H groups in total. The van der Waals surface area contributed by atoms with Crippen molar-refractivity contribution in [3.8, 4) is 0 Å². The Labute approximate surface area is 75.8 Å². The first-order valence-electron chi connectivity index (χ1n) is 3.72. The second-order valence-corrected chi connectivity index (χ2v) is 3.42. The van der Waals surface area contributed by atoms with Crippen LogP contribution in [-0.4, -0.2) is 11.9 Å². The number of hydrogen-bond donors (Lipinski definition) is 1. The van der Waals surface area contributed by atoms with Gasteiger partial charge in [-0.3, -0.25) is 0 Å². The smallest absolute Gasteiger partial charge is 0.171 e. The van der Waals surface area contributed by atoms with Crippen molar-refractivity contribution in [2.75, 3.05) is 0 Å². The number of thiophene rings is 1. The molecule has 0 spiro atoms. The summed E-state index contributed by atoms with van der Waals surface area (Å²) in [5.74, 6) is 0.435. The molecule has 0 aliphatic carbocycles. The van der Waals surface area contributed by atoms with Crippen LogP contribution in [0.4, 0.5) is 0 Å². The maximum absolute atomic E-state index is 5.62. The van der Waals surface area contributed by atoms with Gasteiger partial charge in [0.2, 0.25) is 0 Å². The monoisotopic (exact) mass is 184 g/mol. The summed E-state index contributed by atoms with van der Waals surface area (Å²) in [4.78, 5) is 5.00. The molecule has 0 radical (unpaired) electrons. The van der Waals surface area contributed by atoms with Gasteiger partial charge in [-0.1, -0.05) is 5.16 Å². The highest BCUT2D eigenvalue weighted by atomic mass is 32.1. The molecule has 1 aromatic heterocycles. The highest BCUT2D eigenvalue weighted by molar-refractivity contribution is 7.08.